The highest BCUT2D eigenvalue weighted by atomic mass is 16.6. The van der Waals surface area contributed by atoms with Crippen molar-refractivity contribution in [3.8, 4) is 0 Å². The molecule has 2 aromatic rings. The van der Waals surface area contributed by atoms with Crippen molar-refractivity contribution in [1.29, 1.82) is 0 Å². The van der Waals surface area contributed by atoms with Gasteiger partial charge in [0.25, 0.3) is 5.69 Å². The molecule has 2 aliphatic rings. The van der Waals surface area contributed by atoms with Crippen LogP contribution in [-0.2, 0) is 20.8 Å². The van der Waals surface area contributed by atoms with Crippen LogP contribution in [-0.4, -0.2) is 89.8 Å². The van der Waals surface area contributed by atoms with E-state index in [1.807, 2.05) is 19.2 Å². The Balaban J connectivity index is 1.85. The lowest BCUT2D eigenvalue weighted by Crippen LogP contribution is -2.44. The van der Waals surface area contributed by atoms with Gasteiger partial charge in [-0.05, 0) is 25.6 Å². The number of esters is 1. The molecule has 1 aromatic heterocycles. The number of imidazole rings is 1. The van der Waals surface area contributed by atoms with E-state index in [1.165, 1.54) is 19.2 Å². The van der Waals surface area contributed by atoms with E-state index in [9.17, 15) is 14.9 Å². The second kappa shape index (κ2) is 11.8. The van der Waals surface area contributed by atoms with Crippen LogP contribution in [0.1, 0.15) is 38.1 Å². The van der Waals surface area contributed by atoms with Crippen molar-refractivity contribution in [2.75, 3.05) is 64.5 Å². The highest BCUT2D eigenvalue weighted by molar-refractivity contribution is 5.92. The third-order valence-corrected chi connectivity index (χ3v) is 7.25. The number of rotatable bonds is 10. The Labute approximate surface area is 217 Å². The van der Waals surface area contributed by atoms with Crippen LogP contribution in [0.15, 0.2) is 41.7 Å². The summed E-state index contributed by atoms with van der Waals surface area (Å²) in [6.45, 7) is 13.0. The van der Waals surface area contributed by atoms with E-state index >= 15 is 0 Å². The van der Waals surface area contributed by atoms with Gasteiger partial charge in [0.2, 0.25) is 5.95 Å². The number of nitro benzene ring substituents is 1. The number of hydrogen-bond acceptors (Lipinski definition) is 9. The van der Waals surface area contributed by atoms with Gasteiger partial charge in [0, 0.05) is 50.6 Å². The van der Waals surface area contributed by atoms with Gasteiger partial charge < -0.3 is 18.9 Å². The van der Waals surface area contributed by atoms with E-state index < -0.39 is 16.9 Å². The van der Waals surface area contributed by atoms with Gasteiger partial charge in [0.15, 0.2) is 0 Å². The van der Waals surface area contributed by atoms with Crippen LogP contribution in [0.5, 0.6) is 0 Å². The van der Waals surface area contributed by atoms with E-state index in [0.717, 1.165) is 50.1 Å². The molecule has 1 aromatic carbocycles. The van der Waals surface area contributed by atoms with E-state index in [2.05, 4.69) is 33.1 Å². The summed E-state index contributed by atoms with van der Waals surface area (Å²) in [6, 6.07) is 5.87. The quantitative estimate of drug-likeness (QED) is 0.270. The smallest absolute Gasteiger partial charge is 0.337 e. The molecule has 1 saturated heterocycles. The summed E-state index contributed by atoms with van der Waals surface area (Å²) in [5.41, 5.74) is 2.74. The molecular weight excluding hydrogens is 476 g/mol. The summed E-state index contributed by atoms with van der Waals surface area (Å²) in [5.74, 6) is 0.260. The molecule has 0 spiro atoms. The molecule has 2 aliphatic heterocycles. The third kappa shape index (κ3) is 5.53. The summed E-state index contributed by atoms with van der Waals surface area (Å²) >= 11 is 0. The zero-order valence-electron chi connectivity index (χ0n) is 22.1. The molecule has 200 valence electrons. The van der Waals surface area contributed by atoms with E-state index in [-0.39, 0.29) is 5.69 Å². The standard InChI is InChI=1S/C26H36N6O5/c1-5-28(6-2)18-22-17-27-26-30(11-10-29-12-14-37-15-13-29)19(3)23(25(33)36-4)24(31(22)26)20-8-7-9-21(16-20)32(34)35/h7-9,16-17,24H,5-6,10-15,18H2,1-4H3. The first-order chi connectivity index (χ1) is 17.9. The normalized spacial score (nSPS) is 18.3. The number of carbonyl (C=O) groups is 1. The Morgan fingerprint density at radius 2 is 1.97 bits per heavy atom. The number of morpholine rings is 1. The highest BCUT2D eigenvalue weighted by Crippen LogP contribution is 2.41. The van der Waals surface area contributed by atoms with Gasteiger partial charge in [-0.15, -0.1) is 0 Å². The van der Waals surface area contributed by atoms with E-state index in [0.29, 0.717) is 37.4 Å². The maximum atomic E-state index is 13.3. The predicted octanol–water partition coefficient (Wildman–Crippen LogP) is 2.82. The summed E-state index contributed by atoms with van der Waals surface area (Å²) in [6.07, 6.45) is 1.85. The predicted molar refractivity (Wildman–Crippen MR) is 139 cm³/mol. The van der Waals surface area contributed by atoms with Gasteiger partial charge in [-0.3, -0.25) is 19.9 Å². The van der Waals surface area contributed by atoms with Crippen LogP contribution < -0.4 is 4.90 Å². The fraction of sp³-hybridized carbons (Fsp3) is 0.538. The Morgan fingerprint density at radius 3 is 2.62 bits per heavy atom. The molecule has 11 heteroatoms. The van der Waals surface area contributed by atoms with Crippen molar-refractivity contribution in [2.24, 2.45) is 0 Å². The Kier molecular flexibility index (Phi) is 8.57. The lowest BCUT2D eigenvalue weighted by Gasteiger charge is -2.38. The number of carbonyl (C=O) groups excluding carboxylic acids is 1. The number of nitrogens with zero attached hydrogens (tertiary/aromatic N) is 6. The average Bonchev–Trinajstić information content (AvgIpc) is 3.33. The van der Waals surface area contributed by atoms with Gasteiger partial charge in [-0.1, -0.05) is 26.0 Å². The van der Waals surface area contributed by atoms with Gasteiger partial charge in [-0.25, -0.2) is 9.78 Å². The van der Waals surface area contributed by atoms with Crippen molar-refractivity contribution in [2.45, 2.75) is 33.4 Å². The lowest BCUT2D eigenvalue weighted by atomic mass is 9.94. The summed E-state index contributed by atoms with van der Waals surface area (Å²) in [4.78, 5) is 36.0. The topological polar surface area (TPSA) is 106 Å². The first-order valence-electron chi connectivity index (χ1n) is 12.8. The molecule has 1 unspecified atom stereocenters. The van der Waals surface area contributed by atoms with Crippen molar-refractivity contribution in [3.05, 3.63) is 63.1 Å². The molecule has 0 saturated carbocycles. The fourth-order valence-corrected chi connectivity index (χ4v) is 5.11. The van der Waals surface area contributed by atoms with Crippen LogP contribution >= 0.6 is 0 Å². The maximum absolute atomic E-state index is 13.3. The number of benzene rings is 1. The average molecular weight is 513 g/mol. The third-order valence-electron chi connectivity index (χ3n) is 7.25. The number of methoxy groups -OCH3 is 1. The SMILES string of the molecule is CCN(CC)Cc1cnc2n1C(c1cccc([N+](=O)[O-])c1)C(C(=O)OC)=C(C)N2CCN1CCOCC1. The minimum atomic E-state index is -0.602. The number of aromatic nitrogens is 2. The molecule has 0 amide bonds. The van der Waals surface area contributed by atoms with E-state index in [4.69, 9.17) is 14.5 Å². The first-order valence-corrected chi connectivity index (χ1v) is 12.8. The summed E-state index contributed by atoms with van der Waals surface area (Å²) in [7, 11) is 1.37. The molecule has 37 heavy (non-hydrogen) atoms. The highest BCUT2D eigenvalue weighted by Gasteiger charge is 2.39. The van der Waals surface area contributed by atoms with Gasteiger partial charge >= 0.3 is 5.97 Å². The van der Waals surface area contributed by atoms with Crippen LogP contribution in [0, 0.1) is 10.1 Å². The number of allylic oxidation sites excluding steroid dienone is 1. The number of fused-ring (bicyclic) bond motifs is 1. The van der Waals surface area contributed by atoms with Crippen LogP contribution in [0.2, 0.25) is 0 Å². The molecule has 4 rings (SSSR count). The molecule has 0 radical (unpaired) electrons. The van der Waals surface area contributed by atoms with Crippen molar-refractivity contribution < 1.29 is 19.2 Å². The number of ether oxygens (including phenoxy) is 2. The minimum Gasteiger partial charge on any atom is -0.466 e. The second-order valence-electron chi connectivity index (χ2n) is 9.23. The van der Waals surface area contributed by atoms with Gasteiger partial charge in [0.1, 0.15) is 0 Å². The van der Waals surface area contributed by atoms with Gasteiger partial charge in [-0.2, -0.15) is 0 Å². The zero-order chi connectivity index (χ0) is 26.5. The van der Waals surface area contributed by atoms with Crippen molar-refractivity contribution >= 4 is 17.6 Å². The number of hydrogen-bond donors (Lipinski definition) is 0. The van der Waals surface area contributed by atoms with Crippen LogP contribution in [0.25, 0.3) is 0 Å². The summed E-state index contributed by atoms with van der Waals surface area (Å²) in [5, 5.41) is 11.6. The maximum Gasteiger partial charge on any atom is 0.337 e. The Morgan fingerprint density at radius 1 is 1.24 bits per heavy atom. The monoisotopic (exact) mass is 512 g/mol. The largest absolute Gasteiger partial charge is 0.466 e. The Hall–Kier alpha value is -3.28. The van der Waals surface area contributed by atoms with E-state index in [1.54, 1.807) is 6.07 Å². The van der Waals surface area contributed by atoms with Gasteiger partial charge in [0.05, 0.1) is 48.8 Å². The summed E-state index contributed by atoms with van der Waals surface area (Å²) < 4.78 is 12.8. The zero-order valence-corrected chi connectivity index (χ0v) is 22.1. The Bertz CT molecular complexity index is 1150. The number of nitro groups is 1. The second-order valence-corrected chi connectivity index (χ2v) is 9.23. The molecule has 0 bridgehead atoms. The number of anilines is 1. The van der Waals surface area contributed by atoms with Crippen molar-refractivity contribution in [3.63, 3.8) is 0 Å². The molecule has 0 N–H and O–H groups in total. The fourth-order valence-electron chi connectivity index (χ4n) is 5.11. The molecule has 3 heterocycles. The molecule has 0 aliphatic carbocycles. The van der Waals surface area contributed by atoms with Crippen molar-refractivity contribution in [1.82, 2.24) is 19.4 Å². The lowest BCUT2D eigenvalue weighted by molar-refractivity contribution is -0.384. The van der Waals surface area contributed by atoms with Crippen LogP contribution in [0.3, 0.4) is 0 Å². The first kappa shape index (κ1) is 26.8. The number of non-ortho nitro benzene ring substituents is 1. The molecular formula is C26H36N6O5. The van der Waals surface area contributed by atoms with Crippen LogP contribution in [0.4, 0.5) is 11.6 Å². The minimum absolute atomic E-state index is 0.0268. The molecule has 1 atom stereocenters. The molecule has 1 fully saturated rings. The molecule has 11 nitrogen and oxygen atoms in total.